The maximum atomic E-state index is 12.3. The predicted octanol–water partition coefficient (Wildman–Crippen LogP) is 2.57. The zero-order valence-electron chi connectivity index (χ0n) is 12.4. The largest absolute Gasteiger partial charge is 0.487 e. The first-order valence-electron chi connectivity index (χ1n) is 7.40. The van der Waals surface area contributed by atoms with Crippen molar-refractivity contribution in [2.24, 2.45) is 0 Å². The summed E-state index contributed by atoms with van der Waals surface area (Å²) < 4.78 is 7.60. The van der Waals surface area contributed by atoms with Crippen molar-refractivity contribution >= 4 is 17.4 Å². The van der Waals surface area contributed by atoms with Gasteiger partial charge in [-0.1, -0.05) is 23.7 Å². The normalized spacial score (nSPS) is 17.7. The molecule has 3 rings (SSSR count). The summed E-state index contributed by atoms with van der Waals surface area (Å²) in [5.41, 5.74) is -0.0524. The number of aromatic nitrogens is 2. The van der Waals surface area contributed by atoms with Gasteiger partial charge in [-0.3, -0.25) is 4.79 Å². The highest BCUT2D eigenvalue weighted by Gasteiger charge is 2.27. The highest BCUT2D eigenvalue weighted by atomic mass is 35.5. The second-order valence-corrected chi connectivity index (χ2v) is 5.65. The van der Waals surface area contributed by atoms with Crippen molar-refractivity contribution in [3.05, 3.63) is 52.0 Å². The smallest absolute Gasteiger partial charge is 0.293 e. The summed E-state index contributed by atoms with van der Waals surface area (Å²) in [6.07, 6.45) is 4.23. The van der Waals surface area contributed by atoms with Crippen LogP contribution in [-0.2, 0) is 6.54 Å². The molecule has 0 bridgehead atoms. The van der Waals surface area contributed by atoms with E-state index in [0.29, 0.717) is 29.7 Å². The number of hydrogen-bond acceptors (Lipinski definition) is 4. The van der Waals surface area contributed by atoms with Crippen molar-refractivity contribution in [1.82, 2.24) is 9.55 Å². The molecular weight excluding hydrogens is 302 g/mol. The lowest BCUT2D eigenvalue weighted by atomic mass is 10.3. The number of ether oxygens (including phenoxy) is 1. The van der Waals surface area contributed by atoms with Gasteiger partial charge in [0.15, 0.2) is 5.82 Å². The Hall–Kier alpha value is -2.01. The van der Waals surface area contributed by atoms with Gasteiger partial charge in [0.25, 0.3) is 5.56 Å². The topological polar surface area (TPSA) is 47.4 Å². The molecule has 6 heteroatoms. The van der Waals surface area contributed by atoms with Crippen LogP contribution in [0.4, 0.5) is 5.82 Å². The maximum Gasteiger partial charge on any atom is 0.293 e. The third-order valence-electron chi connectivity index (χ3n) is 3.81. The van der Waals surface area contributed by atoms with Crippen molar-refractivity contribution < 1.29 is 4.74 Å². The fourth-order valence-corrected chi connectivity index (χ4v) is 2.82. The molecule has 2 aromatic rings. The molecule has 1 fully saturated rings. The number of para-hydroxylation sites is 1. The van der Waals surface area contributed by atoms with Gasteiger partial charge in [-0.2, -0.15) is 0 Å². The lowest BCUT2D eigenvalue weighted by molar-refractivity contribution is 0.225. The summed E-state index contributed by atoms with van der Waals surface area (Å²) >= 11 is 6.12. The van der Waals surface area contributed by atoms with Crippen LogP contribution in [0.1, 0.15) is 13.3 Å². The van der Waals surface area contributed by atoms with Gasteiger partial charge in [0.05, 0.1) is 11.6 Å². The molecular formula is C16H18ClN3O2. The van der Waals surface area contributed by atoms with Crippen molar-refractivity contribution in [2.75, 3.05) is 18.0 Å². The van der Waals surface area contributed by atoms with Crippen molar-refractivity contribution in [3.8, 4) is 5.75 Å². The van der Waals surface area contributed by atoms with Crippen LogP contribution in [0.2, 0.25) is 5.02 Å². The van der Waals surface area contributed by atoms with Gasteiger partial charge in [0.2, 0.25) is 0 Å². The Kier molecular flexibility index (Phi) is 4.34. The van der Waals surface area contributed by atoms with E-state index < -0.39 is 0 Å². The highest BCUT2D eigenvalue weighted by molar-refractivity contribution is 6.32. The zero-order valence-corrected chi connectivity index (χ0v) is 13.2. The Balaban J connectivity index is 1.73. The van der Waals surface area contributed by atoms with Gasteiger partial charge in [0.1, 0.15) is 11.9 Å². The average Bonchev–Trinajstić information content (AvgIpc) is 2.98. The van der Waals surface area contributed by atoms with Crippen LogP contribution in [0, 0.1) is 0 Å². The molecule has 5 nitrogen and oxygen atoms in total. The molecule has 1 atom stereocenters. The van der Waals surface area contributed by atoms with Crippen LogP contribution in [0.15, 0.2) is 41.5 Å². The average molecular weight is 320 g/mol. The molecule has 116 valence electrons. The number of nitrogens with zero attached hydrogens (tertiary/aromatic N) is 3. The van der Waals surface area contributed by atoms with Crippen LogP contribution in [-0.4, -0.2) is 28.7 Å². The monoisotopic (exact) mass is 319 g/mol. The molecule has 0 spiro atoms. The molecule has 0 saturated carbocycles. The number of anilines is 1. The van der Waals surface area contributed by atoms with Crippen LogP contribution in [0.3, 0.4) is 0 Å². The minimum atomic E-state index is -0.0524. The molecule has 0 N–H and O–H groups in total. The molecule has 2 heterocycles. The van der Waals surface area contributed by atoms with E-state index in [0.717, 1.165) is 13.0 Å². The quantitative estimate of drug-likeness (QED) is 0.869. The molecule has 1 aromatic heterocycles. The number of benzene rings is 1. The summed E-state index contributed by atoms with van der Waals surface area (Å²) in [7, 11) is 0. The van der Waals surface area contributed by atoms with E-state index in [4.69, 9.17) is 16.3 Å². The van der Waals surface area contributed by atoms with E-state index in [9.17, 15) is 4.79 Å². The number of hydrogen-bond donors (Lipinski definition) is 0. The van der Waals surface area contributed by atoms with Crippen molar-refractivity contribution in [2.45, 2.75) is 26.0 Å². The Morgan fingerprint density at radius 3 is 3.00 bits per heavy atom. The summed E-state index contributed by atoms with van der Waals surface area (Å²) in [4.78, 5) is 18.5. The Bertz CT molecular complexity index is 717. The molecule has 0 aliphatic carbocycles. The van der Waals surface area contributed by atoms with Crippen molar-refractivity contribution in [1.29, 1.82) is 0 Å². The minimum absolute atomic E-state index is 0.0105. The van der Waals surface area contributed by atoms with Gasteiger partial charge in [-0.05, 0) is 19.1 Å². The van der Waals surface area contributed by atoms with Crippen LogP contribution < -0.4 is 15.2 Å². The molecule has 1 aliphatic rings. The summed E-state index contributed by atoms with van der Waals surface area (Å²) in [5.74, 6) is 1.18. The number of rotatable bonds is 4. The molecule has 22 heavy (non-hydrogen) atoms. The fourth-order valence-electron chi connectivity index (χ4n) is 2.64. The van der Waals surface area contributed by atoms with E-state index in [1.54, 1.807) is 17.0 Å². The predicted molar refractivity (Wildman–Crippen MR) is 86.9 cm³/mol. The van der Waals surface area contributed by atoms with E-state index in [1.807, 2.05) is 36.1 Å². The highest BCUT2D eigenvalue weighted by Crippen LogP contribution is 2.27. The first kappa shape index (κ1) is 14.9. The second-order valence-electron chi connectivity index (χ2n) is 5.25. The lowest BCUT2D eigenvalue weighted by Crippen LogP contribution is -2.33. The van der Waals surface area contributed by atoms with E-state index in [-0.39, 0.29) is 11.7 Å². The zero-order chi connectivity index (χ0) is 15.5. The van der Waals surface area contributed by atoms with E-state index >= 15 is 0 Å². The SMILES string of the molecule is CCn1ccnc(N2CCC(Oc3ccccc3Cl)C2)c1=O. The van der Waals surface area contributed by atoms with Gasteiger partial charge in [-0.25, -0.2) is 4.98 Å². The molecule has 1 unspecified atom stereocenters. The number of aryl methyl sites for hydroxylation is 1. The number of halogens is 1. The van der Waals surface area contributed by atoms with Gasteiger partial charge in [0, 0.05) is 31.9 Å². The van der Waals surface area contributed by atoms with Crippen molar-refractivity contribution in [3.63, 3.8) is 0 Å². The van der Waals surface area contributed by atoms with Crippen LogP contribution in [0.5, 0.6) is 5.75 Å². The fraction of sp³-hybridized carbons (Fsp3) is 0.375. The standard InChI is InChI=1S/C16H18ClN3O2/c1-2-19-10-8-18-15(16(19)21)20-9-7-12(11-20)22-14-6-4-3-5-13(14)17/h3-6,8,10,12H,2,7,9,11H2,1H3. The Labute approximate surface area is 134 Å². The first-order chi connectivity index (χ1) is 10.7. The van der Waals surface area contributed by atoms with E-state index in [1.165, 1.54) is 0 Å². The van der Waals surface area contributed by atoms with Gasteiger partial charge >= 0.3 is 0 Å². The Morgan fingerprint density at radius 1 is 1.41 bits per heavy atom. The Morgan fingerprint density at radius 2 is 2.23 bits per heavy atom. The third-order valence-corrected chi connectivity index (χ3v) is 4.12. The third kappa shape index (κ3) is 2.95. The van der Waals surface area contributed by atoms with Gasteiger partial charge in [-0.15, -0.1) is 0 Å². The summed E-state index contributed by atoms with van der Waals surface area (Å²) in [6, 6.07) is 7.43. The molecule has 0 amide bonds. The first-order valence-corrected chi connectivity index (χ1v) is 7.78. The molecule has 0 radical (unpaired) electrons. The van der Waals surface area contributed by atoms with E-state index in [2.05, 4.69) is 4.98 Å². The molecule has 1 aromatic carbocycles. The van der Waals surface area contributed by atoms with Crippen LogP contribution in [0.25, 0.3) is 0 Å². The second kappa shape index (κ2) is 6.40. The van der Waals surface area contributed by atoms with Gasteiger partial charge < -0.3 is 14.2 Å². The maximum absolute atomic E-state index is 12.3. The minimum Gasteiger partial charge on any atom is -0.487 e. The lowest BCUT2D eigenvalue weighted by Gasteiger charge is -2.18. The summed E-state index contributed by atoms with van der Waals surface area (Å²) in [6.45, 7) is 3.98. The van der Waals surface area contributed by atoms with Crippen LogP contribution >= 0.6 is 11.6 Å². The molecule has 1 aliphatic heterocycles. The molecule has 1 saturated heterocycles. The summed E-state index contributed by atoms with van der Waals surface area (Å²) in [5, 5.41) is 0.604.